The number of carboxylic acid groups (broad SMARTS) is 1. The van der Waals surface area contributed by atoms with Crippen molar-refractivity contribution in [3.8, 4) is 0 Å². The van der Waals surface area contributed by atoms with Gasteiger partial charge in [-0.1, -0.05) is 75.7 Å². The van der Waals surface area contributed by atoms with Crippen molar-refractivity contribution in [1.29, 1.82) is 0 Å². The zero-order valence-electron chi connectivity index (χ0n) is 19.1. The molecule has 3 nitrogen and oxygen atoms in total. The van der Waals surface area contributed by atoms with E-state index < -0.39 is 5.97 Å². The van der Waals surface area contributed by atoms with Crippen molar-refractivity contribution in [2.75, 3.05) is 19.6 Å². The molecule has 0 fully saturated rings. The topological polar surface area (TPSA) is 43.4 Å². The van der Waals surface area contributed by atoms with E-state index in [1.165, 1.54) is 77.0 Å². The average molecular weight is 418 g/mol. The number of nitrogens with zero attached hydrogens (tertiary/aromatic N) is 1. The van der Waals surface area contributed by atoms with Crippen LogP contribution in [0.25, 0.3) is 0 Å². The minimum absolute atomic E-state index is 0. The summed E-state index contributed by atoms with van der Waals surface area (Å²) in [5, 5.41) is 11.0. The third-order valence-corrected chi connectivity index (χ3v) is 5.01. The number of hydrogen-bond acceptors (Lipinski definition) is 3. The molecule has 0 unspecified atom stereocenters. The van der Waals surface area contributed by atoms with Gasteiger partial charge in [0, 0.05) is 6.54 Å². The van der Waals surface area contributed by atoms with E-state index in [-0.39, 0.29) is 57.9 Å². The van der Waals surface area contributed by atoms with Gasteiger partial charge in [0.05, 0.1) is 5.97 Å². The van der Waals surface area contributed by atoms with Gasteiger partial charge in [-0.05, 0) is 65.5 Å². The number of allylic oxidation sites excluding steroid dienone is 4. The Bertz CT molecular complexity index is 355. The Morgan fingerprint density at radius 3 is 1.39 bits per heavy atom. The van der Waals surface area contributed by atoms with E-state index in [0.717, 1.165) is 25.9 Å². The minimum Gasteiger partial charge on any atom is -0.549 e. The van der Waals surface area contributed by atoms with Gasteiger partial charge in [-0.15, -0.1) is 0 Å². The normalized spacial score (nSPS) is 11.5. The molecule has 0 saturated heterocycles. The largest absolute Gasteiger partial charge is 1.00 e. The van der Waals surface area contributed by atoms with Crippen LogP contribution < -0.4 is 56.5 Å². The summed E-state index contributed by atoms with van der Waals surface area (Å²) in [4.78, 5) is 13.0. The van der Waals surface area contributed by atoms with E-state index in [4.69, 9.17) is 0 Å². The Labute approximate surface area is 217 Å². The van der Waals surface area contributed by atoms with Crippen LogP contribution in [0.1, 0.15) is 104 Å². The van der Waals surface area contributed by atoms with Crippen molar-refractivity contribution in [2.24, 2.45) is 0 Å². The van der Waals surface area contributed by atoms with E-state index >= 15 is 0 Å². The van der Waals surface area contributed by atoms with Crippen molar-refractivity contribution in [2.45, 2.75) is 104 Å². The second-order valence-electron chi connectivity index (χ2n) is 7.61. The Kier molecular flexibility index (Phi) is 28.1. The maximum Gasteiger partial charge on any atom is 1.00 e. The summed E-state index contributed by atoms with van der Waals surface area (Å²) in [6.07, 6.45) is 26.1. The van der Waals surface area contributed by atoms with Crippen LogP contribution in [0.15, 0.2) is 24.3 Å². The fourth-order valence-corrected chi connectivity index (χ4v) is 3.40. The Balaban J connectivity index is 0. The number of carbonyl (C=O) groups is 1. The number of unbranched alkanes of at least 4 members (excludes halogenated alkanes) is 12. The zero-order valence-corrected chi connectivity index (χ0v) is 22.2. The van der Waals surface area contributed by atoms with E-state index in [2.05, 4.69) is 43.1 Å². The van der Waals surface area contributed by atoms with Crippen LogP contribution in [0.4, 0.5) is 0 Å². The first kappa shape index (κ1) is 30.7. The molecule has 0 aliphatic heterocycles. The molecule has 28 heavy (non-hydrogen) atoms. The molecule has 0 aliphatic rings. The molecule has 0 amide bonds. The number of rotatable bonds is 20. The summed E-state index contributed by atoms with van der Waals surface area (Å²) in [5.74, 6) is -0.942. The molecule has 0 radical (unpaired) electrons. The van der Waals surface area contributed by atoms with Gasteiger partial charge in [0.15, 0.2) is 0 Å². The molecule has 0 atom stereocenters. The second-order valence-corrected chi connectivity index (χ2v) is 7.61. The van der Waals surface area contributed by atoms with Gasteiger partial charge in [-0.2, -0.15) is 0 Å². The van der Waals surface area contributed by atoms with Crippen molar-refractivity contribution < 1.29 is 61.3 Å². The fraction of sp³-hybridized carbons (Fsp3) is 0.792. The van der Waals surface area contributed by atoms with E-state index in [1.807, 2.05) is 0 Å². The van der Waals surface area contributed by atoms with Gasteiger partial charge in [-0.3, -0.25) is 4.90 Å². The summed E-state index contributed by atoms with van der Waals surface area (Å²) in [7, 11) is 0. The van der Waals surface area contributed by atoms with Gasteiger partial charge >= 0.3 is 51.4 Å². The van der Waals surface area contributed by atoms with Gasteiger partial charge in [0.25, 0.3) is 0 Å². The molecule has 0 aromatic heterocycles. The average Bonchev–Trinajstić information content (AvgIpc) is 2.64. The summed E-state index contributed by atoms with van der Waals surface area (Å²) in [6, 6.07) is 0. The van der Waals surface area contributed by atoms with Crippen LogP contribution in [0, 0.1) is 0 Å². The van der Waals surface area contributed by atoms with Crippen molar-refractivity contribution in [1.82, 2.24) is 4.90 Å². The zero-order chi connectivity index (χ0) is 20.0. The van der Waals surface area contributed by atoms with E-state index in [1.54, 1.807) is 0 Å². The molecular formula is C24H44KNO2. The van der Waals surface area contributed by atoms with Gasteiger partial charge < -0.3 is 9.90 Å². The molecule has 0 heterocycles. The van der Waals surface area contributed by atoms with Crippen molar-refractivity contribution in [3.63, 3.8) is 0 Å². The van der Waals surface area contributed by atoms with Crippen molar-refractivity contribution >= 4 is 5.97 Å². The molecule has 0 aliphatic carbocycles. The third kappa shape index (κ3) is 24.6. The van der Waals surface area contributed by atoms with Gasteiger partial charge in [-0.25, -0.2) is 0 Å². The molecule has 0 saturated carbocycles. The molecule has 0 aromatic carbocycles. The Morgan fingerprint density at radius 2 is 1.04 bits per heavy atom. The molecule has 0 bridgehead atoms. The van der Waals surface area contributed by atoms with Crippen LogP contribution in [0.2, 0.25) is 0 Å². The van der Waals surface area contributed by atoms with E-state index in [0.29, 0.717) is 0 Å². The number of hydrogen-bond donors (Lipinski definition) is 0. The summed E-state index contributed by atoms with van der Waals surface area (Å²) >= 11 is 0. The number of carboxylic acids is 1. The van der Waals surface area contributed by atoms with Crippen LogP contribution in [0.5, 0.6) is 0 Å². The maximum absolute atomic E-state index is 11.0. The molecule has 4 heteroatoms. The maximum atomic E-state index is 11.0. The Morgan fingerprint density at radius 1 is 0.679 bits per heavy atom. The molecule has 0 spiro atoms. The third-order valence-electron chi connectivity index (χ3n) is 5.01. The van der Waals surface area contributed by atoms with Crippen LogP contribution in [-0.4, -0.2) is 30.5 Å². The van der Waals surface area contributed by atoms with Gasteiger partial charge in [0.1, 0.15) is 0 Å². The first-order valence-corrected chi connectivity index (χ1v) is 11.3. The SMILES string of the molecule is C/C=C/CCCCCCCCN(CCCCCCCC/C=C/C)CC(=O)[O-].[K+]. The summed E-state index contributed by atoms with van der Waals surface area (Å²) in [5.41, 5.74) is 0. The quantitative estimate of drug-likeness (QED) is 0.174. The molecule has 158 valence electrons. The van der Waals surface area contributed by atoms with Crippen LogP contribution in [0.3, 0.4) is 0 Å². The smallest absolute Gasteiger partial charge is 0.549 e. The first-order valence-electron chi connectivity index (χ1n) is 11.3. The second kappa shape index (κ2) is 25.6. The van der Waals surface area contributed by atoms with Crippen LogP contribution in [-0.2, 0) is 4.79 Å². The predicted molar refractivity (Wildman–Crippen MR) is 116 cm³/mol. The summed E-state index contributed by atoms with van der Waals surface area (Å²) in [6.45, 7) is 6.04. The van der Waals surface area contributed by atoms with Gasteiger partial charge in [0.2, 0.25) is 0 Å². The molecule has 0 rings (SSSR count). The fourth-order valence-electron chi connectivity index (χ4n) is 3.40. The molecular weight excluding hydrogens is 373 g/mol. The standard InChI is InChI=1S/C24H45NO2.K/c1-3-5-7-9-11-13-15-17-19-21-25(23-24(26)27)22-20-18-16-14-12-10-8-6-4-2;/h3-6H,7-23H2,1-2H3,(H,26,27);/q;+1/p-1/b5-3+,6-4+;. The molecule has 0 N–H and O–H groups in total. The minimum atomic E-state index is -0.942. The predicted octanol–water partition coefficient (Wildman–Crippen LogP) is 2.66. The monoisotopic (exact) mass is 417 g/mol. The van der Waals surface area contributed by atoms with E-state index in [9.17, 15) is 9.90 Å². The number of carbonyl (C=O) groups excluding carboxylic acids is 1. The number of aliphatic carboxylic acids is 1. The molecule has 0 aromatic rings. The summed E-state index contributed by atoms with van der Waals surface area (Å²) < 4.78 is 0. The Hall–Kier alpha value is 0.546. The first-order chi connectivity index (χ1) is 13.2. The van der Waals surface area contributed by atoms with Crippen LogP contribution >= 0.6 is 0 Å². The van der Waals surface area contributed by atoms with Crippen molar-refractivity contribution in [3.05, 3.63) is 24.3 Å².